The number of nitrogens with zero attached hydrogens (tertiary/aromatic N) is 6. The molecule has 16 nitrogen and oxygen atoms in total. The summed E-state index contributed by atoms with van der Waals surface area (Å²) in [6.45, 7) is 12.6. The number of para-hydroxylation sites is 1. The smallest absolute Gasteiger partial charge is 0.270 e. The Morgan fingerprint density at radius 3 is 2.31 bits per heavy atom. The van der Waals surface area contributed by atoms with Crippen molar-refractivity contribution >= 4 is 51.9 Å². The van der Waals surface area contributed by atoms with Crippen LogP contribution in [0.3, 0.4) is 0 Å². The number of hydrogen-bond acceptors (Lipinski definition) is 12. The van der Waals surface area contributed by atoms with Gasteiger partial charge in [0.05, 0.1) is 47.7 Å². The van der Waals surface area contributed by atoms with Gasteiger partial charge in [-0.2, -0.15) is 0 Å². The zero-order valence-corrected chi connectivity index (χ0v) is 41.9. The molecule has 1 saturated carbocycles. The second-order valence-corrected chi connectivity index (χ2v) is 20.3. The molecule has 0 spiro atoms. The van der Waals surface area contributed by atoms with E-state index in [1.165, 1.54) is 0 Å². The van der Waals surface area contributed by atoms with Gasteiger partial charge in [0.1, 0.15) is 17.6 Å². The minimum atomic E-state index is -1.03. The molecule has 2 aliphatic heterocycles. The summed E-state index contributed by atoms with van der Waals surface area (Å²) in [7, 11) is 0. The third kappa shape index (κ3) is 13.0. The van der Waals surface area contributed by atoms with Crippen LogP contribution in [-0.4, -0.2) is 109 Å². The van der Waals surface area contributed by atoms with Crippen LogP contribution in [-0.2, 0) is 27.4 Å². The first-order chi connectivity index (χ1) is 34.6. The van der Waals surface area contributed by atoms with E-state index in [1.54, 1.807) is 36.9 Å². The second-order valence-electron chi connectivity index (χ2n) is 20.3. The molecular formula is C56H66N10O6. The zero-order valence-electron chi connectivity index (χ0n) is 41.9. The maximum Gasteiger partial charge on any atom is 0.270 e. The molecule has 6 aromatic rings. The van der Waals surface area contributed by atoms with E-state index in [9.17, 15) is 24.3 Å². The lowest BCUT2D eigenvalue weighted by atomic mass is 9.94. The molecule has 0 radical (unpaired) electrons. The number of aliphatic hydroxyl groups is 1. The van der Waals surface area contributed by atoms with Crippen molar-refractivity contribution in [3.8, 4) is 0 Å². The summed E-state index contributed by atoms with van der Waals surface area (Å²) in [5, 5.41) is 24.8. The summed E-state index contributed by atoms with van der Waals surface area (Å²) < 4.78 is 6.25. The molecule has 4 aromatic heterocycles. The van der Waals surface area contributed by atoms with E-state index in [0.717, 1.165) is 46.4 Å². The number of anilines is 3. The number of rotatable bonds is 15. The number of likely N-dealkylation sites (tertiary alicyclic amines) is 1. The normalized spacial score (nSPS) is 18.0. The summed E-state index contributed by atoms with van der Waals surface area (Å²) in [4.78, 5) is 75.0. The number of carbonyl (C=O) groups excluding carboxylic acids is 4. The third-order valence-electron chi connectivity index (χ3n) is 13.1. The number of aliphatic hydroxyl groups excluding tert-OH is 1. The van der Waals surface area contributed by atoms with Crippen molar-refractivity contribution in [3.05, 3.63) is 150 Å². The summed E-state index contributed by atoms with van der Waals surface area (Å²) in [6.07, 6.45) is 9.49. The second kappa shape index (κ2) is 22.9. The Kier molecular flexibility index (Phi) is 16.3. The van der Waals surface area contributed by atoms with E-state index in [1.807, 2.05) is 131 Å². The molecule has 1 aliphatic carbocycles. The SMILES string of the molecule is CC(C)C(NC(=O)c1ccc2ccccc2n1)C(=O)N[C@@H](Cc1ccccc1)C(O)CN1CC[C@@H](OCc2ccncc2)C[C@H]1C(=O)NC(C)(C)C.Cc1ccnc2c1NC(=O)c1cccnc1N2C1CC1. The largest absolute Gasteiger partial charge is 0.390 e. The van der Waals surface area contributed by atoms with Crippen molar-refractivity contribution in [2.24, 2.45) is 5.92 Å². The van der Waals surface area contributed by atoms with E-state index in [2.05, 4.69) is 46.1 Å². The van der Waals surface area contributed by atoms with Gasteiger partial charge in [-0.05, 0) is 125 Å². The van der Waals surface area contributed by atoms with Crippen LogP contribution in [0.2, 0.25) is 0 Å². The number of hydrogen-bond donors (Lipinski definition) is 5. The Bertz CT molecular complexity index is 2840. The van der Waals surface area contributed by atoms with E-state index >= 15 is 0 Å². The van der Waals surface area contributed by atoms with Crippen LogP contribution in [0.25, 0.3) is 10.9 Å². The van der Waals surface area contributed by atoms with Crippen molar-refractivity contribution in [2.45, 2.75) is 122 Å². The topological polar surface area (TPSA) is 204 Å². The van der Waals surface area contributed by atoms with Crippen molar-refractivity contribution in [1.82, 2.24) is 40.8 Å². The lowest BCUT2D eigenvalue weighted by molar-refractivity contribution is -0.134. The number of β-amino-alcohol motifs (C(OH)–C–C–N with tert-alkyl or cyclic N) is 1. The van der Waals surface area contributed by atoms with Gasteiger partial charge in [-0.25, -0.2) is 15.0 Å². The number of piperidine rings is 1. The standard InChI is InChI=1S/C41H52N6O5.C15H14N4O/c1-27(2)37(45-38(49)33-16-15-30-13-9-10-14-32(30)43-33)40(51)44-34(23-28-11-7-6-8-12-28)36(48)25-47-22-19-31(52-26-29-17-20-42-21-18-29)24-35(47)39(50)46-41(3,4)5;1-9-6-8-17-14-12(9)18-15(20)11-3-2-7-16-13(11)19(14)10-4-5-10/h6-18,20-21,27,31,34-37,48H,19,22-26H2,1-5H3,(H,44,51)(H,45,49)(H,46,50);2-3,6-8,10H,4-5H2,1H3,(H,18,20)/t31-,34+,35+,36?,37?;/m1./s1. The van der Waals surface area contributed by atoms with Gasteiger partial charge in [0, 0.05) is 54.8 Å². The number of fused-ring (bicyclic) bond motifs is 3. The lowest BCUT2D eigenvalue weighted by Gasteiger charge is -2.41. The summed E-state index contributed by atoms with van der Waals surface area (Å²) in [5.74, 6) is 0.146. The van der Waals surface area contributed by atoms with Gasteiger partial charge in [-0.3, -0.25) is 29.1 Å². The zero-order chi connectivity index (χ0) is 50.9. The lowest BCUT2D eigenvalue weighted by Crippen LogP contribution is -2.60. The fraction of sp³-hybridized carbons (Fsp3) is 0.393. The Morgan fingerprint density at radius 2 is 1.57 bits per heavy atom. The van der Waals surface area contributed by atoms with Gasteiger partial charge in [-0.15, -0.1) is 0 Å². The van der Waals surface area contributed by atoms with Crippen LogP contribution in [0.1, 0.15) is 97.8 Å². The number of aryl methyl sites for hydroxylation is 1. The predicted molar refractivity (Wildman–Crippen MR) is 278 cm³/mol. The minimum absolute atomic E-state index is 0.117. The number of ether oxygens (including phenoxy) is 1. The Balaban J connectivity index is 0.000000285. The van der Waals surface area contributed by atoms with Crippen molar-refractivity contribution < 1.29 is 29.0 Å². The van der Waals surface area contributed by atoms with Crippen LogP contribution in [0.4, 0.5) is 17.3 Å². The van der Waals surface area contributed by atoms with Gasteiger partial charge in [0.15, 0.2) is 5.82 Å². The highest BCUT2D eigenvalue weighted by atomic mass is 16.5. The Labute approximate surface area is 421 Å². The van der Waals surface area contributed by atoms with Crippen LogP contribution in [0.15, 0.2) is 122 Å². The number of carbonyl (C=O) groups is 4. The van der Waals surface area contributed by atoms with Crippen LogP contribution in [0, 0.1) is 12.8 Å². The molecular weight excluding hydrogens is 909 g/mol. The highest BCUT2D eigenvalue weighted by Crippen LogP contribution is 2.43. The maximum absolute atomic E-state index is 14.0. The fourth-order valence-electron chi connectivity index (χ4n) is 9.11. The summed E-state index contributed by atoms with van der Waals surface area (Å²) >= 11 is 0. The fourth-order valence-corrected chi connectivity index (χ4v) is 9.11. The molecule has 4 amide bonds. The first-order valence-electron chi connectivity index (χ1n) is 24.9. The molecule has 376 valence electrons. The van der Waals surface area contributed by atoms with E-state index in [0.29, 0.717) is 55.4 Å². The van der Waals surface area contributed by atoms with E-state index in [4.69, 9.17) is 4.74 Å². The average Bonchev–Trinajstić information content (AvgIpc) is 4.22. The molecule has 2 aromatic carbocycles. The first kappa shape index (κ1) is 51.2. The Hall–Kier alpha value is -7.14. The number of nitrogens with one attached hydrogen (secondary N) is 4. The van der Waals surface area contributed by atoms with E-state index in [-0.39, 0.29) is 36.1 Å². The van der Waals surface area contributed by atoms with Crippen LogP contribution in [0.5, 0.6) is 0 Å². The van der Waals surface area contributed by atoms with Crippen molar-refractivity contribution in [2.75, 3.05) is 23.3 Å². The number of aromatic nitrogens is 4. The molecule has 1 saturated heterocycles. The molecule has 9 rings (SSSR count). The number of pyridine rings is 4. The van der Waals surface area contributed by atoms with Gasteiger partial charge in [0.25, 0.3) is 11.8 Å². The minimum Gasteiger partial charge on any atom is -0.390 e. The van der Waals surface area contributed by atoms with Gasteiger partial charge >= 0.3 is 0 Å². The van der Waals surface area contributed by atoms with E-state index < -0.39 is 41.6 Å². The van der Waals surface area contributed by atoms with Crippen molar-refractivity contribution in [1.29, 1.82) is 0 Å². The maximum atomic E-state index is 14.0. The molecule has 72 heavy (non-hydrogen) atoms. The number of amides is 4. The molecule has 0 bridgehead atoms. The van der Waals surface area contributed by atoms with Gasteiger partial charge < -0.3 is 36.0 Å². The number of benzene rings is 2. The predicted octanol–water partition coefficient (Wildman–Crippen LogP) is 7.09. The quantitative estimate of drug-likeness (QED) is 0.0700. The van der Waals surface area contributed by atoms with Gasteiger partial charge in [0.2, 0.25) is 11.8 Å². The average molecular weight is 975 g/mol. The molecule has 5 N–H and O–H groups in total. The molecule has 5 atom stereocenters. The molecule has 2 fully saturated rings. The third-order valence-corrected chi connectivity index (χ3v) is 13.1. The van der Waals surface area contributed by atoms with Crippen LogP contribution < -0.4 is 26.2 Å². The molecule has 6 heterocycles. The molecule has 16 heteroatoms. The van der Waals surface area contributed by atoms with Crippen molar-refractivity contribution in [3.63, 3.8) is 0 Å². The summed E-state index contributed by atoms with van der Waals surface area (Å²) in [6, 6.07) is 28.2. The highest BCUT2D eigenvalue weighted by Gasteiger charge is 2.40. The first-order valence-corrected chi connectivity index (χ1v) is 24.9. The Morgan fingerprint density at radius 1 is 0.833 bits per heavy atom. The van der Waals surface area contributed by atoms with Crippen LogP contribution >= 0.6 is 0 Å². The summed E-state index contributed by atoms with van der Waals surface area (Å²) in [5.41, 5.74) is 4.81. The molecule has 3 aliphatic rings. The monoisotopic (exact) mass is 975 g/mol. The highest BCUT2D eigenvalue weighted by molar-refractivity contribution is 6.12. The molecule has 2 unspecified atom stereocenters. The van der Waals surface area contributed by atoms with Gasteiger partial charge in [-0.1, -0.05) is 68.4 Å².